The molecule has 1 aliphatic heterocycles. The van der Waals surface area contributed by atoms with E-state index in [2.05, 4.69) is 15.1 Å². The van der Waals surface area contributed by atoms with E-state index in [9.17, 15) is 8.42 Å². The first-order chi connectivity index (χ1) is 16.8. The molecule has 0 amide bonds. The minimum absolute atomic E-state index is 0.217. The molecule has 186 valence electrons. The van der Waals surface area contributed by atoms with Crippen LogP contribution in [0, 0.1) is 0 Å². The molecule has 0 spiro atoms. The highest BCUT2D eigenvalue weighted by atomic mass is 32.2. The van der Waals surface area contributed by atoms with E-state index in [1.54, 1.807) is 19.2 Å². The number of aromatic nitrogens is 2. The van der Waals surface area contributed by atoms with Gasteiger partial charge in [-0.25, -0.2) is 8.42 Å². The Bertz CT molecular complexity index is 1250. The summed E-state index contributed by atoms with van der Waals surface area (Å²) in [6.07, 6.45) is 0. The molecule has 1 aromatic heterocycles. The molecule has 0 bridgehead atoms. The summed E-state index contributed by atoms with van der Waals surface area (Å²) in [5, 5.41) is 8.79. The summed E-state index contributed by atoms with van der Waals surface area (Å²) in [5.74, 6) is 2.07. The zero-order valence-electron chi connectivity index (χ0n) is 20.6. The van der Waals surface area contributed by atoms with Crippen LogP contribution in [-0.4, -0.2) is 62.8 Å². The Balaban J connectivity index is 1.49. The monoisotopic (exact) mass is 496 g/mol. The Morgan fingerprint density at radius 2 is 1.69 bits per heavy atom. The molecule has 4 rings (SSSR count). The molecule has 1 saturated heterocycles. The molecule has 3 aromatic rings. The summed E-state index contributed by atoms with van der Waals surface area (Å²) in [4.78, 5) is 2.29. The molecule has 35 heavy (non-hydrogen) atoms. The first-order valence-corrected chi connectivity index (χ1v) is 13.3. The van der Waals surface area contributed by atoms with Crippen molar-refractivity contribution in [3.63, 3.8) is 0 Å². The summed E-state index contributed by atoms with van der Waals surface area (Å²) in [6.45, 7) is 8.11. The Kier molecular flexibility index (Phi) is 7.57. The summed E-state index contributed by atoms with van der Waals surface area (Å²) in [7, 11) is -2.07. The minimum atomic E-state index is -3.70. The van der Waals surface area contributed by atoms with Gasteiger partial charge in [0.15, 0.2) is 5.82 Å². The van der Waals surface area contributed by atoms with E-state index in [4.69, 9.17) is 9.47 Å². The van der Waals surface area contributed by atoms with Crippen LogP contribution in [0.4, 0.5) is 5.82 Å². The molecule has 2 heterocycles. The third-order valence-corrected chi connectivity index (χ3v) is 8.07. The normalized spacial score (nSPS) is 14.8. The maximum Gasteiger partial charge on any atom is 0.246 e. The number of piperazine rings is 1. The maximum absolute atomic E-state index is 13.6. The quantitative estimate of drug-likeness (QED) is 0.462. The van der Waals surface area contributed by atoms with Gasteiger partial charge in [0.2, 0.25) is 10.0 Å². The molecule has 0 saturated carbocycles. The lowest BCUT2D eigenvalue weighted by molar-refractivity contribution is 0.327. The maximum atomic E-state index is 13.6. The second kappa shape index (κ2) is 10.6. The van der Waals surface area contributed by atoms with Crippen LogP contribution in [0.5, 0.6) is 11.5 Å². The summed E-state index contributed by atoms with van der Waals surface area (Å²) >= 11 is 0. The number of sulfonamides is 1. The van der Waals surface area contributed by atoms with Crippen molar-refractivity contribution in [3.8, 4) is 22.8 Å². The van der Waals surface area contributed by atoms with Crippen molar-refractivity contribution in [3.05, 3.63) is 60.2 Å². The Morgan fingerprint density at radius 3 is 2.31 bits per heavy atom. The molecule has 9 heteroatoms. The molecule has 0 radical (unpaired) electrons. The summed E-state index contributed by atoms with van der Waals surface area (Å²) in [6, 6.07) is 16.9. The van der Waals surface area contributed by atoms with Crippen LogP contribution < -0.4 is 14.4 Å². The van der Waals surface area contributed by atoms with Crippen LogP contribution in [0.25, 0.3) is 11.3 Å². The fraction of sp³-hybridized carbons (Fsp3) is 0.385. The number of methoxy groups -OCH3 is 1. The van der Waals surface area contributed by atoms with Gasteiger partial charge in [0.25, 0.3) is 0 Å². The first kappa shape index (κ1) is 24.9. The second-order valence-electron chi connectivity index (χ2n) is 8.66. The summed E-state index contributed by atoms with van der Waals surface area (Å²) < 4.78 is 39.7. The van der Waals surface area contributed by atoms with Crippen LogP contribution in [-0.2, 0) is 10.0 Å². The van der Waals surface area contributed by atoms with Crippen LogP contribution in [0.15, 0.2) is 59.5 Å². The number of nitrogens with zero attached hydrogens (tertiary/aromatic N) is 4. The SMILES string of the molecule is CCOc1ccc(C(C)C)cc1S(=O)(=O)N1CCN(c2ccc(-c3ccccc3OC)nn2)CC1. The van der Waals surface area contributed by atoms with Gasteiger partial charge in [-0.3, -0.25) is 0 Å². The lowest BCUT2D eigenvalue weighted by Crippen LogP contribution is -2.49. The lowest BCUT2D eigenvalue weighted by atomic mass is 10.0. The van der Waals surface area contributed by atoms with Gasteiger partial charge in [-0.05, 0) is 54.8 Å². The van der Waals surface area contributed by atoms with Gasteiger partial charge in [0.1, 0.15) is 16.4 Å². The smallest absolute Gasteiger partial charge is 0.246 e. The molecule has 0 aliphatic carbocycles. The topological polar surface area (TPSA) is 84.9 Å². The van der Waals surface area contributed by atoms with Gasteiger partial charge < -0.3 is 14.4 Å². The van der Waals surface area contributed by atoms with Crippen LogP contribution >= 0.6 is 0 Å². The molecule has 1 fully saturated rings. The van der Waals surface area contributed by atoms with Crippen molar-refractivity contribution < 1.29 is 17.9 Å². The first-order valence-electron chi connectivity index (χ1n) is 11.8. The van der Waals surface area contributed by atoms with Crippen molar-refractivity contribution in [1.29, 1.82) is 0 Å². The predicted octanol–water partition coefficient (Wildman–Crippen LogP) is 4.19. The van der Waals surface area contributed by atoms with Gasteiger partial charge >= 0.3 is 0 Å². The predicted molar refractivity (Wildman–Crippen MR) is 137 cm³/mol. The van der Waals surface area contributed by atoms with Crippen molar-refractivity contribution in [2.24, 2.45) is 0 Å². The van der Waals surface area contributed by atoms with E-state index < -0.39 is 10.0 Å². The van der Waals surface area contributed by atoms with E-state index in [-0.39, 0.29) is 10.8 Å². The number of benzene rings is 2. The fourth-order valence-electron chi connectivity index (χ4n) is 4.15. The van der Waals surface area contributed by atoms with Crippen LogP contribution in [0.1, 0.15) is 32.3 Å². The Hall–Kier alpha value is -3.17. The van der Waals surface area contributed by atoms with E-state index >= 15 is 0 Å². The van der Waals surface area contributed by atoms with E-state index in [1.165, 1.54) is 4.31 Å². The van der Waals surface area contributed by atoms with Crippen molar-refractivity contribution >= 4 is 15.8 Å². The highest BCUT2D eigenvalue weighted by Gasteiger charge is 2.32. The van der Waals surface area contributed by atoms with Gasteiger partial charge in [-0.15, -0.1) is 10.2 Å². The largest absolute Gasteiger partial charge is 0.496 e. The fourth-order valence-corrected chi connectivity index (χ4v) is 5.74. The zero-order chi connectivity index (χ0) is 25.0. The third-order valence-electron chi connectivity index (χ3n) is 6.15. The standard InChI is InChI=1S/C26H32N4O4S/c1-5-34-24-12-10-20(19(2)3)18-25(24)35(31,32)30-16-14-29(15-17-30)26-13-11-22(27-28-26)21-8-6-7-9-23(21)33-4/h6-13,18-19H,5,14-17H2,1-4H3. The highest BCUT2D eigenvalue weighted by Crippen LogP contribution is 2.32. The van der Waals surface area contributed by atoms with Gasteiger partial charge in [-0.1, -0.05) is 32.0 Å². The molecule has 8 nitrogen and oxygen atoms in total. The molecule has 0 N–H and O–H groups in total. The molecule has 0 unspecified atom stereocenters. The number of para-hydroxylation sites is 1. The van der Waals surface area contributed by atoms with Crippen molar-refractivity contribution in [1.82, 2.24) is 14.5 Å². The zero-order valence-corrected chi connectivity index (χ0v) is 21.5. The van der Waals surface area contributed by atoms with Gasteiger partial charge in [0, 0.05) is 31.7 Å². The Morgan fingerprint density at radius 1 is 0.943 bits per heavy atom. The average Bonchev–Trinajstić information content (AvgIpc) is 2.89. The Labute approximate surface area is 207 Å². The van der Waals surface area contributed by atoms with E-state index in [0.717, 1.165) is 28.4 Å². The molecule has 2 aromatic carbocycles. The van der Waals surface area contributed by atoms with Crippen molar-refractivity contribution in [2.45, 2.75) is 31.6 Å². The van der Waals surface area contributed by atoms with E-state index in [0.29, 0.717) is 38.5 Å². The molecule has 1 aliphatic rings. The number of ether oxygens (including phenoxy) is 2. The summed E-state index contributed by atoms with van der Waals surface area (Å²) in [5.41, 5.74) is 2.57. The van der Waals surface area contributed by atoms with Gasteiger partial charge in [0.05, 0.1) is 19.4 Å². The molecular formula is C26H32N4O4S. The highest BCUT2D eigenvalue weighted by molar-refractivity contribution is 7.89. The lowest BCUT2D eigenvalue weighted by Gasteiger charge is -2.34. The van der Waals surface area contributed by atoms with Crippen LogP contribution in [0.2, 0.25) is 0 Å². The minimum Gasteiger partial charge on any atom is -0.496 e. The average molecular weight is 497 g/mol. The second-order valence-corrected chi connectivity index (χ2v) is 10.6. The molecule has 0 atom stereocenters. The number of hydrogen-bond donors (Lipinski definition) is 0. The van der Waals surface area contributed by atoms with Crippen molar-refractivity contribution in [2.75, 3.05) is 44.8 Å². The third kappa shape index (κ3) is 5.26. The van der Waals surface area contributed by atoms with Crippen LogP contribution in [0.3, 0.4) is 0 Å². The number of anilines is 1. The number of hydrogen-bond acceptors (Lipinski definition) is 7. The van der Waals surface area contributed by atoms with E-state index in [1.807, 2.05) is 63.2 Å². The number of rotatable bonds is 8. The van der Waals surface area contributed by atoms with Gasteiger partial charge in [-0.2, -0.15) is 4.31 Å². The molecular weight excluding hydrogens is 464 g/mol.